The molecule has 0 saturated heterocycles. The van der Waals surface area contributed by atoms with Crippen molar-refractivity contribution in [1.82, 2.24) is 25.5 Å². The summed E-state index contributed by atoms with van der Waals surface area (Å²) >= 11 is 0. The quantitative estimate of drug-likeness (QED) is 0.650. The first-order chi connectivity index (χ1) is 13.7. The fourth-order valence-electron chi connectivity index (χ4n) is 2.63. The summed E-state index contributed by atoms with van der Waals surface area (Å²) in [7, 11) is 0. The first-order valence-corrected chi connectivity index (χ1v) is 8.39. The zero-order chi connectivity index (χ0) is 21.0. The van der Waals surface area contributed by atoms with Crippen LogP contribution >= 0.6 is 0 Å². The van der Waals surface area contributed by atoms with Crippen molar-refractivity contribution in [3.8, 4) is 11.4 Å². The number of nitrogens with one attached hydrogen (secondary N) is 1. The number of aromatic nitrogens is 4. The Kier molecular flexibility index (Phi) is 5.78. The maximum atomic E-state index is 12.3. The zero-order valence-electron chi connectivity index (χ0n) is 15.1. The van der Waals surface area contributed by atoms with Crippen LogP contribution in [0.1, 0.15) is 27.6 Å². The standard InChI is InChI=1S/C18H16F3N5O3/c1-11-8-13(4-7-15(11)26-10-23-24-25-26)17(28)22-9-16(27)12-2-5-14(6-3-12)29-18(19,20)21/h2-8,10,16,27H,9H2,1H3,(H,22,28). The van der Waals surface area contributed by atoms with E-state index in [4.69, 9.17) is 0 Å². The van der Waals surface area contributed by atoms with Gasteiger partial charge in [0.15, 0.2) is 0 Å². The topological polar surface area (TPSA) is 102 Å². The molecule has 2 aromatic carbocycles. The molecule has 0 aliphatic heterocycles. The van der Waals surface area contributed by atoms with E-state index in [0.717, 1.165) is 17.7 Å². The van der Waals surface area contributed by atoms with E-state index in [0.29, 0.717) is 16.8 Å². The first kappa shape index (κ1) is 20.3. The summed E-state index contributed by atoms with van der Waals surface area (Å²) in [4.78, 5) is 12.3. The molecule has 0 bridgehead atoms. The fraction of sp³-hybridized carbons (Fsp3) is 0.222. The Labute approximate surface area is 162 Å². The molecule has 0 aliphatic rings. The van der Waals surface area contributed by atoms with Gasteiger partial charge in [-0.15, -0.1) is 18.3 Å². The third kappa shape index (κ3) is 5.29. The molecule has 0 fully saturated rings. The lowest BCUT2D eigenvalue weighted by atomic mass is 10.1. The van der Waals surface area contributed by atoms with E-state index in [2.05, 4.69) is 25.6 Å². The van der Waals surface area contributed by atoms with Gasteiger partial charge in [0.2, 0.25) is 0 Å². The van der Waals surface area contributed by atoms with E-state index >= 15 is 0 Å². The van der Waals surface area contributed by atoms with Crippen molar-refractivity contribution in [2.45, 2.75) is 19.4 Å². The van der Waals surface area contributed by atoms with Crippen molar-refractivity contribution in [3.05, 3.63) is 65.5 Å². The molecule has 152 valence electrons. The maximum absolute atomic E-state index is 12.3. The van der Waals surface area contributed by atoms with Gasteiger partial charge in [0.05, 0.1) is 11.8 Å². The molecule has 2 N–H and O–H groups in total. The van der Waals surface area contributed by atoms with Crippen molar-refractivity contribution in [2.24, 2.45) is 0 Å². The van der Waals surface area contributed by atoms with Crippen LogP contribution in [0.2, 0.25) is 0 Å². The number of tetrazole rings is 1. The molecular formula is C18H16F3N5O3. The van der Waals surface area contributed by atoms with Gasteiger partial charge in [0, 0.05) is 12.1 Å². The molecule has 1 aromatic heterocycles. The highest BCUT2D eigenvalue weighted by Gasteiger charge is 2.31. The number of aliphatic hydroxyl groups is 1. The number of amides is 1. The van der Waals surface area contributed by atoms with E-state index in [-0.39, 0.29) is 6.54 Å². The molecule has 1 atom stereocenters. The Morgan fingerprint density at radius 1 is 1.24 bits per heavy atom. The predicted octanol–water partition coefficient (Wildman–Crippen LogP) is 2.33. The number of nitrogens with zero attached hydrogens (tertiary/aromatic N) is 4. The number of ether oxygens (including phenoxy) is 1. The number of carbonyl (C=O) groups excluding carboxylic acids is 1. The summed E-state index contributed by atoms with van der Waals surface area (Å²) in [6.07, 6.45) is -4.45. The SMILES string of the molecule is Cc1cc(C(=O)NCC(O)c2ccc(OC(F)(F)F)cc2)ccc1-n1cnnn1. The third-order valence-corrected chi connectivity index (χ3v) is 4.01. The van der Waals surface area contributed by atoms with E-state index in [1.165, 1.54) is 23.1 Å². The molecule has 0 spiro atoms. The third-order valence-electron chi connectivity index (χ3n) is 4.01. The van der Waals surface area contributed by atoms with Gasteiger partial charge >= 0.3 is 6.36 Å². The lowest BCUT2D eigenvalue weighted by molar-refractivity contribution is -0.274. The van der Waals surface area contributed by atoms with Gasteiger partial charge in [-0.25, -0.2) is 4.68 Å². The Morgan fingerprint density at radius 3 is 2.55 bits per heavy atom. The Bertz CT molecular complexity index is 975. The van der Waals surface area contributed by atoms with Crippen molar-refractivity contribution >= 4 is 5.91 Å². The van der Waals surface area contributed by atoms with Crippen molar-refractivity contribution in [1.29, 1.82) is 0 Å². The zero-order valence-corrected chi connectivity index (χ0v) is 15.1. The van der Waals surface area contributed by atoms with Crippen molar-refractivity contribution < 1.29 is 27.8 Å². The highest BCUT2D eigenvalue weighted by molar-refractivity contribution is 5.94. The normalized spacial score (nSPS) is 12.4. The second kappa shape index (κ2) is 8.27. The highest BCUT2D eigenvalue weighted by atomic mass is 19.4. The van der Waals surface area contributed by atoms with Gasteiger partial charge in [-0.1, -0.05) is 12.1 Å². The minimum atomic E-state index is -4.79. The average molecular weight is 407 g/mol. The van der Waals surface area contributed by atoms with E-state index < -0.39 is 24.1 Å². The van der Waals surface area contributed by atoms with Crippen LogP contribution in [-0.4, -0.2) is 44.1 Å². The van der Waals surface area contributed by atoms with Crippen LogP contribution in [0.25, 0.3) is 5.69 Å². The molecule has 0 radical (unpaired) electrons. The van der Waals surface area contributed by atoms with Gasteiger partial charge in [-0.2, -0.15) is 0 Å². The number of hydrogen-bond acceptors (Lipinski definition) is 6. The molecule has 8 nitrogen and oxygen atoms in total. The number of alkyl halides is 3. The van der Waals surface area contributed by atoms with E-state index in [1.54, 1.807) is 25.1 Å². The average Bonchev–Trinajstić information content (AvgIpc) is 3.19. The molecule has 0 saturated carbocycles. The van der Waals surface area contributed by atoms with Gasteiger partial charge in [0.1, 0.15) is 12.1 Å². The largest absolute Gasteiger partial charge is 0.573 e. The number of aliphatic hydroxyl groups excluding tert-OH is 1. The second-order valence-corrected chi connectivity index (χ2v) is 6.10. The summed E-state index contributed by atoms with van der Waals surface area (Å²) in [6, 6.07) is 9.71. The highest BCUT2D eigenvalue weighted by Crippen LogP contribution is 2.24. The predicted molar refractivity (Wildman–Crippen MR) is 94.3 cm³/mol. The van der Waals surface area contributed by atoms with E-state index in [1.807, 2.05) is 0 Å². The maximum Gasteiger partial charge on any atom is 0.573 e. The van der Waals surface area contributed by atoms with Gasteiger partial charge in [0.25, 0.3) is 5.91 Å². The van der Waals surface area contributed by atoms with Crippen LogP contribution in [-0.2, 0) is 0 Å². The lowest BCUT2D eigenvalue weighted by Gasteiger charge is -2.14. The number of aryl methyl sites for hydroxylation is 1. The minimum Gasteiger partial charge on any atom is -0.406 e. The summed E-state index contributed by atoms with van der Waals surface area (Å²) in [5.74, 6) is -0.803. The fourth-order valence-corrected chi connectivity index (χ4v) is 2.63. The number of rotatable bonds is 6. The number of hydrogen-bond donors (Lipinski definition) is 2. The van der Waals surface area contributed by atoms with Gasteiger partial charge in [-0.3, -0.25) is 4.79 Å². The van der Waals surface area contributed by atoms with Gasteiger partial charge < -0.3 is 15.2 Å². The summed E-state index contributed by atoms with van der Waals surface area (Å²) in [5, 5.41) is 23.7. The summed E-state index contributed by atoms with van der Waals surface area (Å²) in [6.45, 7) is 1.68. The summed E-state index contributed by atoms with van der Waals surface area (Å²) in [5.41, 5.74) is 2.20. The smallest absolute Gasteiger partial charge is 0.406 e. The molecule has 3 rings (SSSR count). The van der Waals surface area contributed by atoms with Crippen LogP contribution in [0.3, 0.4) is 0 Å². The van der Waals surface area contributed by atoms with E-state index in [9.17, 15) is 23.1 Å². The monoisotopic (exact) mass is 407 g/mol. The molecule has 29 heavy (non-hydrogen) atoms. The Hall–Kier alpha value is -3.47. The minimum absolute atomic E-state index is 0.119. The van der Waals surface area contributed by atoms with Crippen LogP contribution < -0.4 is 10.1 Å². The van der Waals surface area contributed by atoms with Crippen LogP contribution in [0, 0.1) is 6.92 Å². The van der Waals surface area contributed by atoms with Crippen molar-refractivity contribution in [3.63, 3.8) is 0 Å². The van der Waals surface area contributed by atoms with Gasteiger partial charge in [-0.05, 0) is 58.8 Å². The molecule has 1 heterocycles. The number of benzene rings is 2. The molecule has 3 aromatic rings. The number of carbonyl (C=O) groups is 1. The second-order valence-electron chi connectivity index (χ2n) is 6.10. The van der Waals surface area contributed by atoms with Crippen LogP contribution in [0.15, 0.2) is 48.8 Å². The van der Waals surface area contributed by atoms with Crippen LogP contribution in [0.5, 0.6) is 5.75 Å². The summed E-state index contributed by atoms with van der Waals surface area (Å²) < 4.78 is 41.8. The Morgan fingerprint density at radius 2 is 1.97 bits per heavy atom. The molecular weight excluding hydrogens is 391 g/mol. The Balaban J connectivity index is 1.59. The molecule has 1 amide bonds. The molecule has 0 aliphatic carbocycles. The molecule has 11 heteroatoms. The van der Waals surface area contributed by atoms with Crippen LogP contribution in [0.4, 0.5) is 13.2 Å². The lowest BCUT2D eigenvalue weighted by Crippen LogP contribution is -2.28. The first-order valence-electron chi connectivity index (χ1n) is 8.39. The number of halogens is 3. The van der Waals surface area contributed by atoms with Crippen molar-refractivity contribution in [2.75, 3.05) is 6.54 Å². The molecule has 1 unspecified atom stereocenters.